The molecule has 0 fully saturated rings. The number of amides is 2. The van der Waals surface area contributed by atoms with Crippen molar-refractivity contribution in [3.8, 4) is 0 Å². The first kappa shape index (κ1) is 24.3. The van der Waals surface area contributed by atoms with Gasteiger partial charge in [0.2, 0.25) is 0 Å². The molecule has 2 N–H and O–H groups in total. The van der Waals surface area contributed by atoms with Crippen molar-refractivity contribution in [1.82, 2.24) is 10.6 Å². The van der Waals surface area contributed by atoms with Crippen molar-refractivity contribution >= 4 is 23.8 Å². The Morgan fingerprint density at radius 2 is 1.86 bits per heavy atom. The number of ketones is 1. The molecule has 9 heteroatoms. The van der Waals surface area contributed by atoms with Gasteiger partial charge in [0.05, 0.1) is 24.3 Å². The number of hydrogen-bond acceptors (Lipinski definition) is 7. The second-order valence-corrected chi connectivity index (χ2v) is 8.51. The molecule has 184 valence electrons. The number of carbonyl (C=O) groups excluding carboxylic acids is 4. The Morgan fingerprint density at radius 3 is 2.60 bits per heavy atom. The van der Waals surface area contributed by atoms with Crippen LogP contribution < -0.4 is 10.6 Å². The SMILES string of the molecule is CCOC(=O)C1=C(COC(=O)CCC(=O)c2ccc3c(c2)CCC3)NC(=O)NC1c1ccc(C)o1. The molecule has 2 aliphatic rings. The van der Waals surface area contributed by atoms with E-state index < -0.39 is 24.0 Å². The Labute approximate surface area is 202 Å². The predicted octanol–water partition coefficient (Wildman–Crippen LogP) is 3.45. The highest BCUT2D eigenvalue weighted by Gasteiger charge is 2.36. The minimum Gasteiger partial charge on any atom is -0.464 e. The molecule has 0 radical (unpaired) electrons. The summed E-state index contributed by atoms with van der Waals surface area (Å²) in [4.78, 5) is 49.9. The van der Waals surface area contributed by atoms with Crippen LogP contribution in [0.3, 0.4) is 0 Å². The summed E-state index contributed by atoms with van der Waals surface area (Å²) in [5, 5.41) is 5.17. The Morgan fingerprint density at radius 1 is 1.06 bits per heavy atom. The molecule has 1 unspecified atom stereocenters. The molecule has 1 aliphatic heterocycles. The number of rotatable bonds is 9. The van der Waals surface area contributed by atoms with Crippen LogP contribution in [0.15, 0.2) is 46.0 Å². The Balaban J connectivity index is 1.42. The standard InChI is InChI=1S/C26H28N2O7/c1-3-33-25(31)23-19(27-26(32)28-24(23)21-11-7-15(2)35-21)14-34-22(30)12-10-20(29)18-9-8-16-5-4-6-17(16)13-18/h7-9,11,13,24H,3-6,10,12,14H2,1-2H3,(H2,27,28,32). The highest BCUT2D eigenvalue weighted by Crippen LogP contribution is 2.29. The summed E-state index contributed by atoms with van der Waals surface area (Å²) >= 11 is 0. The smallest absolute Gasteiger partial charge is 0.338 e. The van der Waals surface area contributed by atoms with Crippen molar-refractivity contribution in [2.45, 2.75) is 52.0 Å². The van der Waals surface area contributed by atoms with Gasteiger partial charge in [-0.2, -0.15) is 0 Å². The number of esters is 2. The second kappa shape index (κ2) is 10.6. The van der Waals surface area contributed by atoms with Crippen LogP contribution in [0.5, 0.6) is 0 Å². The molecular formula is C26H28N2O7. The molecule has 2 aromatic rings. The summed E-state index contributed by atoms with van der Waals surface area (Å²) < 4.78 is 16.1. The van der Waals surface area contributed by atoms with Crippen molar-refractivity contribution in [1.29, 1.82) is 0 Å². The van der Waals surface area contributed by atoms with Gasteiger partial charge in [-0.15, -0.1) is 0 Å². The molecule has 2 heterocycles. The Bertz CT molecular complexity index is 1190. The lowest BCUT2D eigenvalue weighted by atomic mass is 10.0. The van der Waals surface area contributed by atoms with Gasteiger partial charge in [0.1, 0.15) is 24.2 Å². The maximum atomic E-state index is 12.7. The number of hydrogen-bond donors (Lipinski definition) is 2. The normalized spacial score (nSPS) is 16.9. The van der Waals surface area contributed by atoms with Gasteiger partial charge in [-0.05, 0) is 62.4 Å². The zero-order chi connectivity index (χ0) is 24.9. The maximum Gasteiger partial charge on any atom is 0.338 e. The summed E-state index contributed by atoms with van der Waals surface area (Å²) in [7, 11) is 0. The molecular weight excluding hydrogens is 452 g/mol. The zero-order valence-electron chi connectivity index (χ0n) is 19.8. The molecule has 1 atom stereocenters. The first-order valence-electron chi connectivity index (χ1n) is 11.7. The summed E-state index contributed by atoms with van der Waals surface area (Å²) in [5.41, 5.74) is 3.25. The van der Waals surface area contributed by atoms with E-state index in [2.05, 4.69) is 10.6 Å². The number of fused-ring (bicyclic) bond motifs is 1. The third-order valence-corrected chi connectivity index (χ3v) is 6.05. The Hall–Kier alpha value is -3.88. The van der Waals surface area contributed by atoms with Gasteiger partial charge in [0.25, 0.3) is 0 Å². The molecule has 1 aromatic heterocycles. The van der Waals surface area contributed by atoms with Gasteiger partial charge in [-0.1, -0.05) is 12.1 Å². The molecule has 9 nitrogen and oxygen atoms in total. The second-order valence-electron chi connectivity index (χ2n) is 8.51. The highest BCUT2D eigenvalue weighted by molar-refractivity contribution is 5.98. The molecule has 4 rings (SSSR count). The van der Waals surface area contributed by atoms with E-state index in [4.69, 9.17) is 13.9 Å². The van der Waals surface area contributed by atoms with Gasteiger partial charge in [0, 0.05) is 12.0 Å². The van der Waals surface area contributed by atoms with E-state index in [0.717, 1.165) is 19.3 Å². The van der Waals surface area contributed by atoms with Crippen LogP contribution in [0.1, 0.15) is 65.2 Å². The summed E-state index contributed by atoms with van der Waals surface area (Å²) in [6, 6.07) is 7.58. The lowest BCUT2D eigenvalue weighted by Gasteiger charge is -2.27. The molecule has 0 saturated carbocycles. The number of carbonyl (C=O) groups is 4. The molecule has 1 aromatic carbocycles. The van der Waals surface area contributed by atoms with Crippen molar-refractivity contribution in [2.24, 2.45) is 0 Å². The first-order chi connectivity index (χ1) is 16.9. The number of urea groups is 1. The van der Waals surface area contributed by atoms with Gasteiger partial charge in [0.15, 0.2) is 5.78 Å². The van der Waals surface area contributed by atoms with Crippen LogP contribution in [0.25, 0.3) is 0 Å². The van der Waals surface area contributed by atoms with Gasteiger partial charge in [-0.25, -0.2) is 9.59 Å². The lowest BCUT2D eigenvalue weighted by Crippen LogP contribution is -2.47. The van der Waals surface area contributed by atoms with E-state index in [1.54, 1.807) is 32.0 Å². The fraction of sp³-hybridized carbons (Fsp3) is 0.385. The highest BCUT2D eigenvalue weighted by atomic mass is 16.5. The summed E-state index contributed by atoms with van der Waals surface area (Å²) in [6.45, 7) is 3.17. The number of ether oxygens (including phenoxy) is 2. The molecule has 0 saturated heterocycles. The van der Waals surface area contributed by atoms with Gasteiger partial charge >= 0.3 is 18.0 Å². The lowest BCUT2D eigenvalue weighted by molar-refractivity contribution is -0.143. The fourth-order valence-electron chi connectivity index (χ4n) is 4.33. The third-order valence-electron chi connectivity index (χ3n) is 6.05. The largest absolute Gasteiger partial charge is 0.464 e. The van der Waals surface area contributed by atoms with Crippen LogP contribution in [0, 0.1) is 6.92 Å². The number of aryl methyl sites for hydroxylation is 3. The minimum absolute atomic E-state index is 0.00358. The van der Waals surface area contributed by atoms with E-state index in [9.17, 15) is 19.2 Å². The van der Waals surface area contributed by atoms with E-state index in [0.29, 0.717) is 17.1 Å². The number of Topliss-reactive ketones (excluding diaryl/α,β-unsaturated/α-hetero) is 1. The number of furan rings is 1. The topological polar surface area (TPSA) is 124 Å². The van der Waals surface area contributed by atoms with E-state index in [-0.39, 0.29) is 43.1 Å². The van der Waals surface area contributed by atoms with E-state index in [1.165, 1.54) is 11.1 Å². The molecule has 35 heavy (non-hydrogen) atoms. The van der Waals surface area contributed by atoms with Crippen LogP contribution in [0.4, 0.5) is 4.79 Å². The maximum absolute atomic E-state index is 12.7. The van der Waals surface area contributed by atoms with Crippen molar-refractivity contribution in [3.05, 3.63) is 69.8 Å². The van der Waals surface area contributed by atoms with Crippen LogP contribution in [0.2, 0.25) is 0 Å². The number of benzene rings is 1. The van der Waals surface area contributed by atoms with Crippen molar-refractivity contribution < 1.29 is 33.1 Å². The summed E-state index contributed by atoms with van der Waals surface area (Å²) in [5.74, 6) is -0.460. The average Bonchev–Trinajstić information content (AvgIpc) is 3.49. The van der Waals surface area contributed by atoms with Crippen LogP contribution in [-0.4, -0.2) is 37.0 Å². The minimum atomic E-state index is -0.897. The quantitative estimate of drug-likeness (QED) is 0.416. The van der Waals surface area contributed by atoms with Gasteiger partial charge < -0.3 is 24.5 Å². The molecule has 1 aliphatic carbocycles. The predicted molar refractivity (Wildman–Crippen MR) is 125 cm³/mol. The fourth-order valence-corrected chi connectivity index (χ4v) is 4.33. The Kier molecular flexibility index (Phi) is 7.33. The van der Waals surface area contributed by atoms with Crippen LogP contribution >= 0.6 is 0 Å². The molecule has 0 bridgehead atoms. The average molecular weight is 481 g/mol. The molecule has 2 amide bonds. The molecule has 0 spiro atoms. The third kappa shape index (κ3) is 5.62. The van der Waals surface area contributed by atoms with E-state index in [1.807, 2.05) is 12.1 Å². The monoisotopic (exact) mass is 480 g/mol. The zero-order valence-corrected chi connectivity index (χ0v) is 19.8. The first-order valence-corrected chi connectivity index (χ1v) is 11.7. The van der Waals surface area contributed by atoms with Gasteiger partial charge in [-0.3, -0.25) is 9.59 Å². The number of nitrogens with one attached hydrogen (secondary N) is 2. The van der Waals surface area contributed by atoms with Crippen molar-refractivity contribution in [3.63, 3.8) is 0 Å². The van der Waals surface area contributed by atoms with Crippen LogP contribution in [-0.2, 0) is 31.9 Å². The summed E-state index contributed by atoms with van der Waals surface area (Å²) in [6.07, 6.45) is 2.98. The van der Waals surface area contributed by atoms with Crippen molar-refractivity contribution in [2.75, 3.05) is 13.2 Å². The van der Waals surface area contributed by atoms with E-state index >= 15 is 0 Å².